The smallest absolute Gasteiger partial charge is 0.330 e. The first-order valence-corrected chi connectivity index (χ1v) is 9.70. The van der Waals surface area contributed by atoms with E-state index in [9.17, 15) is 24.3 Å². The van der Waals surface area contributed by atoms with Crippen LogP contribution in [0.4, 0.5) is 0 Å². The molecular weight excluding hydrogens is 431 g/mol. The molecule has 2 N–H and O–H groups in total. The molecule has 2 amide bonds. The van der Waals surface area contributed by atoms with Crippen LogP contribution in [0.25, 0.3) is 0 Å². The SMILES string of the molecule is CC(=O)OCC1=CS[C@@H]2[C@H](NC(=O)c3c(Cl)cccc3Cl)C(=O)N2[C@H]1C(=O)O. The maximum absolute atomic E-state index is 12.6. The second kappa shape index (κ2) is 8.02. The maximum atomic E-state index is 12.6. The minimum Gasteiger partial charge on any atom is -0.479 e. The highest BCUT2D eigenvalue weighted by molar-refractivity contribution is 8.02. The number of β-lactam (4-membered cyclic amide) rings is 1. The lowest BCUT2D eigenvalue weighted by Crippen LogP contribution is -2.74. The molecule has 0 aromatic heterocycles. The van der Waals surface area contributed by atoms with Crippen LogP contribution in [-0.4, -0.2) is 57.8 Å². The number of amides is 2. The van der Waals surface area contributed by atoms with E-state index in [4.69, 9.17) is 27.9 Å². The zero-order chi connectivity index (χ0) is 20.6. The number of nitrogens with zero attached hydrogens (tertiary/aromatic N) is 1. The fraction of sp³-hybridized carbons (Fsp3) is 0.294. The van der Waals surface area contributed by atoms with E-state index in [1.54, 1.807) is 6.07 Å². The van der Waals surface area contributed by atoms with Gasteiger partial charge in [0.05, 0.1) is 15.6 Å². The Morgan fingerprint density at radius 1 is 1.29 bits per heavy atom. The van der Waals surface area contributed by atoms with E-state index < -0.39 is 41.2 Å². The number of fused-ring (bicyclic) bond motifs is 1. The highest BCUT2D eigenvalue weighted by Crippen LogP contribution is 2.40. The number of benzene rings is 1. The van der Waals surface area contributed by atoms with Crippen LogP contribution < -0.4 is 5.32 Å². The third kappa shape index (κ3) is 3.69. The van der Waals surface area contributed by atoms with Crippen molar-refractivity contribution < 1.29 is 29.0 Å². The van der Waals surface area contributed by atoms with E-state index in [0.29, 0.717) is 0 Å². The number of thioether (sulfide) groups is 1. The average molecular weight is 445 g/mol. The molecule has 1 saturated heterocycles. The van der Waals surface area contributed by atoms with Crippen molar-refractivity contribution in [1.82, 2.24) is 10.2 Å². The van der Waals surface area contributed by atoms with E-state index >= 15 is 0 Å². The molecule has 1 aromatic carbocycles. The first kappa shape index (κ1) is 20.5. The van der Waals surface area contributed by atoms with Crippen LogP contribution in [0.2, 0.25) is 10.0 Å². The highest BCUT2D eigenvalue weighted by atomic mass is 35.5. The van der Waals surface area contributed by atoms with Crippen molar-refractivity contribution in [3.63, 3.8) is 0 Å². The summed E-state index contributed by atoms with van der Waals surface area (Å²) in [5.74, 6) is -3.00. The summed E-state index contributed by atoms with van der Waals surface area (Å²) in [4.78, 5) is 48.9. The number of hydrogen-bond donors (Lipinski definition) is 2. The second-order valence-electron chi connectivity index (χ2n) is 6.03. The van der Waals surface area contributed by atoms with Crippen LogP contribution in [0, 0.1) is 0 Å². The fourth-order valence-electron chi connectivity index (χ4n) is 2.94. The number of hydrogen-bond acceptors (Lipinski definition) is 6. The molecule has 2 aliphatic rings. The van der Waals surface area contributed by atoms with Gasteiger partial charge in [-0.25, -0.2) is 4.79 Å². The van der Waals surface area contributed by atoms with E-state index in [1.165, 1.54) is 24.5 Å². The van der Waals surface area contributed by atoms with Crippen LogP contribution in [0.5, 0.6) is 0 Å². The van der Waals surface area contributed by atoms with Gasteiger partial charge in [-0.05, 0) is 17.5 Å². The van der Waals surface area contributed by atoms with Crippen LogP contribution >= 0.6 is 35.0 Å². The molecule has 0 saturated carbocycles. The van der Waals surface area contributed by atoms with Crippen molar-refractivity contribution in [1.29, 1.82) is 0 Å². The number of ether oxygens (including phenoxy) is 1. The van der Waals surface area contributed by atoms with Gasteiger partial charge in [-0.3, -0.25) is 14.4 Å². The molecule has 2 heterocycles. The van der Waals surface area contributed by atoms with Gasteiger partial charge < -0.3 is 20.1 Å². The number of rotatable bonds is 5. The molecule has 0 spiro atoms. The molecule has 11 heteroatoms. The van der Waals surface area contributed by atoms with E-state index in [2.05, 4.69) is 5.32 Å². The Morgan fingerprint density at radius 3 is 2.50 bits per heavy atom. The molecule has 0 bridgehead atoms. The summed E-state index contributed by atoms with van der Waals surface area (Å²) < 4.78 is 4.86. The zero-order valence-corrected chi connectivity index (χ0v) is 16.7. The highest BCUT2D eigenvalue weighted by Gasteiger charge is 2.56. The summed E-state index contributed by atoms with van der Waals surface area (Å²) in [6.45, 7) is 0.970. The minimum atomic E-state index is -1.27. The number of aliphatic carboxylic acids is 1. The van der Waals surface area contributed by atoms with Crippen LogP contribution in [0.1, 0.15) is 17.3 Å². The van der Waals surface area contributed by atoms with Crippen molar-refractivity contribution in [2.45, 2.75) is 24.4 Å². The molecule has 0 unspecified atom stereocenters. The lowest BCUT2D eigenvalue weighted by Gasteiger charge is -2.51. The summed E-state index contributed by atoms with van der Waals surface area (Å²) in [6, 6.07) is 2.38. The number of nitrogens with one attached hydrogen (secondary N) is 1. The quantitative estimate of drug-likeness (QED) is 0.526. The molecule has 28 heavy (non-hydrogen) atoms. The summed E-state index contributed by atoms with van der Waals surface area (Å²) in [7, 11) is 0. The monoisotopic (exact) mass is 444 g/mol. The van der Waals surface area contributed by atoms with E-state index in [0.717, 1.165) is 16.7 Å². The van der Waals surface area contributed by atoms with Gasteiger partial charge in [-0.15, -0.1) is 11.8 Å². The van der Waals surface area contributed by atoms with Crippen molar-refractivity contribution in [2.75, 3.05) is 6.61 Å². The van der Waals surface area contributed by atoms with Crippen molar-refractivity contribution >= 4 is 58.7 Å². The number of carboxylic acids is 1. The van der Waals surface area contributed by atoms with Gasteiger partial charge in [-0.1, -0.05) is 29.3 Å². The predicted molar refractivity (Wildman–Crippen MR) is 102 cm³/mol. The van der Waals surface area contributed by atoms with Gasteiger partial charge in [0.15, 0.2) is 6.04 Å². The van der Waals surface area contributed by atoms with Crippen LogP contribution in [0.15, 0.2) is 29.2 Å². The molecule has 3 rings (SSSR count). The van der Waals surface area contributed by atoms with Crippen LogP contribution in [0.3, 0.4) is 0 Å². The number of carboxylic acid groups (broad SMARTS) is 1. The summed E-state index contributed by atoms with van der Waals surface area (Å²) in [5, 5.41) is 13.3. The Kier molecular flexibility index (Phi) is 5.87. The second-order valence-corrected chi connectivity index (χ2v) is 7.84. The predicted octanol–water partition coefficient (Wildman–Crippen LogP) is 1.91. The first-order chi connectivity index (χ1) is 13.2. The summed E-state index contributed by atoms with van der Waals surface area (Å²) >= 11 is 13.2. The molecule has 3 atom stereocenters. The normalized spacial score (nSPS) is 23.2. The third-order valence-electron chi connectivity index (χ3n) is 4.22. The van der Waals surface area contributed by atoms with Gasteiger partial charge in [0, 0.05) is 12.5 Å². The van der Waals surface area contributed by atoms with E-state index in [-0.39, 0.29) is 27.8 Å². The first-order valence-electron chi connectivity index (χ1n) is 8.00. The van der Waals surface area contributed by atoms with Crippen molar-refractivity contribution in [3.8, 4) is 0 Å². The Hall–Kier alpha value is -2.23. The molecule has 148 valence electrons. The van der Waals surface area contributed by atoms with Gasteiger partial charge in [-0.2, -0.15) is 0 Å². The van der Waals surface area contributed by atoms with Gasteiger partial charge >= 0.3 is 11.9 Å². The molecule has 1 aromatic rings. The number of carbonyl (C=O) groups excluding carboxylic acids is 3. The zero-order valence-electron chi connectivity index (χ0n) is 14.3. The Morgan fingerprint density at radius 2 is 1.93 bits per heavy atom. The number of carbonyl (C=O) groups is 4. The summed E-state index contributed by atoms with van der Waals surface area (Å²) in [5.41, 5.74) is 0.315. The topological polar surface area (TPSA) is 113 Å². The molecule has 1 fully saturated rings. The molecule has 8 nitrogen and oxygen atoms in total. The standard InChI is InChI=1S/C17H14Cl2N2O6S/c1-7(22)27-5-8-6-28-16-12(15(24)21(16)13(8)17(25)26)20-14(23)11-9(18)3-2-4-10(11)19/h2-4,6,12-13,16H,5H2,1H3,(H,20,23)(H,25,26)/t12-,13-,16-/m1/s1. The van der Waals surface area contributed by atoms with Crippen molar-refractivity contribution in [3.05, 3.63) is 44.8 Å². The number of halogens is 2. The van der Waals surface area contributed by atoms with E-state index in [1.807, 2.05) is 0 Å². The van der Waals surface area contributed by atoms with Crippen molar-refractivity contribution in [2.24, 2.45) is 0 Å². The lowest BCUT2D eigenvalue weighted by molar-refractivity contribution is -0.159. The number of esters is 1. The van der Waals surface area contributed by atoms with Gasteiger partial charge in [0.25, 0.3) is 5.91 Å². The fourth-order valence-corrected chi connectivity index (χ4v) is 4.72. The minimum absolute atomic E-state index is 0.0405. The Bertz CT molecular complexity index is 885. The molecule has 0 radical (unpaired) electrons. The summed E-state index contributed by atoms with van der Waals surface area (Å²) in [6.07, 6.45) is 0. The maximum Gasteiger partial charge on any atom is 0.330 e. The lowest BCUT2D eigenvalue weighted by atomic mass is 9.98. The molecule has 2 aliphatic heterocycles. The Labute approximate surface area is 173 Å². The Balaban J connectivity index is 1.78. The largest absolute Gasteiger partial charge is 0.479 e. The van der Waals surface area contributed by atoms with Gasteiger partial charge in [0.2, 0.25) is 5.91 Å². The average Bonchev–Trinajstić information content (AvgIpc) is 2.63. The van der Waals surface area contributed by atoms with Gasteiger partial charge in [0.1, 0.15) is 18.0 Å². The molecular formula is C17H14Cl2N2O6S. The third-order valence-corrected chi connectivity index (χ3v) is 6.07. The molecule has 0 aliphatic carbocycles. The van der Waals surface area contributed by atoms with Crippen LogP contribution in [-0.2, 0) is 19.1 Å².